The van der Waals surface area contributed by atoms with E-state index in [0.29, 0.717) is 23.6 Å². The molecule has 0 saturated carbocycles. The molecule has 0 unspecified atom stereocenters. The molecule has 0 aliphatic carbocycles. The summed E-state index contributed by atoms with van der Waals surface area (Å²) in [4.78, 5) is 11.0. The number of methoxy groups -OCH3 is 2. The summed E-state index contributed by atoms with van der Waals surface area (Å²) in [7, 11) is 3.21. The summed E-state index contributed by atoms with van der Waals surface area (Å²) in [5.41, 5.74) is 3.45. The minimum Gasteiger partial charge on any atom is -0.496 e. The summed E-state index contributed by atoms with van der Waals surface area (Å²) in [5.74, 6) is -0.223. The van der Waals surface area contributed by atoms with Crippen molar-refractivity contribution in [2.24, 2.45) is 0 Å². The Bertz CT molecular complexity index is 1320. The van der Waals surface area contributed by atoms with E-state index < -0.39 is 18.4 Å². The van der Waals surface area contributed by atoms with Crippen LogP contribution in [0.2, 0.25) is 0 Å². The Morgan fingerprint density at radius 2 is 1.62 bits per heavy atom. The number of aromatic nitrogens is 2. The average Bonchev–Trinajstić information content (AvgIpc) is 3.26. The second-order valence-corrected chi connectivity index (χ2v) is 7.41. The predicted octanol–water partition coefficient (Wildman–Crippen LogP) is 4.89. The van der Waals surface area contributed by atoms with Crippen LogP contribution in [0.25, 0.3) is 22.5 Å². The minimum absolute atomic E-state index is 0.0934. The third-order valence-electron chi connectivity index (χ3n) is 5.25. The zero-order chi connectivity index (χ0) is 24.1. The summed E-state index contributed by atoms with van der Waals surface area (Å²) in [5, 5.41) is 13.8. The smallest absolute Gasteiger partial charge is 0.341 e. The standard InChI is InChI=1S/C26H23FN2O5/c1-32-23-9-5-3-7-17(23)15-29-22(20-8-4-6-10-24(20)33-2)14-21(28-29)19-12-11-18(27)13-25(19)34-16-26(30)31/h3-14H,15-16H2,1-2H3,(H,30,31). The molecule has 7 nitrogen and oxygen atoms in total. The van der Waals surface area contributed by atoms with Crippen LogP contribution in [0.1, 0.15) is 5.56 Å². The van der Waals surface area contributed by atoms with Gasteiger partial charge in [0.25, 0.3) is 0 Å². The number of carboxylic acid groups (broad SMARTS) is 1. The van der Waals surface area contributed by atoms with E-state index in [9.17, 15) is 9.18 Å². The van der Waals surface area contributed by atoms with E-state index in [0.717, 1.165) is 28.6 Å². The lowest BCUT2D eigenvalue weighted by Gasteiger charge is -2.13. The molecule has 1 N–H and O–H groups in total. The van der Waals surface area contributed by atoms with Gasteiger partial charge >= 0.3 is 5.97 Å². The number of aliphatic carboxylic acids is 1. The van der Waals surface area contributed by atoms with Crippen molar-refractivity contribution in [3.63, 3.8) is 0 Å². The molecule has 0 atom stereocenters. The van der Waals surface area contributed by atoms with Crippen LogP contribution in [0.5, 0.6) is 17.2 Å². The zero-order valence-electron chi connectivity index (χ0n) is 18.7. The number of halogens is 1. The molecular formula is C26H23FN2O5. The molecule has 174 valence electrons. The first-order chi connectivity index (χ1) is 16.5. The number of hydrogen-bond donors (Lipinski definition) is 1. The Morgan fingerprint density at radius 1 is 0.912 bits per heavy atom. The SMILES string of the molecule is COc1ccccc1Cn1nc(-c2ccc(F)cc2OCC(=O)O)cc1-c1ccccc1OC. The van der Waals surface area contributed by atoms with Gasteiger partial charge in [0.05, 0.1) is 32.2 Å². The molecule has 34 heavy (non-hydrogen) atoms. The van der Waals surface area contributed by atoms with Crippen molar-refractivity contribution in [1.82, 2.24) is 9.78 Å². The van der Waals surface area contributed by atoms with Gasteiger partial charge < -0.3 is 19.3 Å². The molecule has 0 saturated heterocycles. The summed E-state index contributed by atoms with van der Waals surface area (Å²) in [6.07, 6.45) is 0. The Balaban J connectivity index is 1.86. The molecule has 4 rings (SSSR count). The van der Waals surface area contributed by atoms with Gasteiger partial charge in [-0.1, -0.05) is 30.3 Å². The number of rotatable bonds is 9. The van der Waals surface area contributed by atoms with Crippen molar-refractivity contribution in [3.05, 3.63) is 84.2 Å². The monoisotopic (exact) mass is 462 g/mol. The van der Waals surface area contributed by atoms with Crippen LogP contribution in [-0.4, -0.2) is 41.7 Å². The van der Waals surface area contributed by atoms with E-state index in [1.54, 1.807) is 18.9 Å². The number of carbonyl (C=O) groups is 1. The van der Waals surface area contributed by atoms with E-state index in [4.69, 9.17) is 24.4 Å². The fourth-order valence-electron chi connectivity index (χ4n) is 3.70. The van der Waals surface area contributed by atoms with Crippen LogP contribution in [-0.2, 0) is 11.3 Å². The first-order valence-corrected chi connectivity index (χ1v) is 10.5. The highest BCUT2D eigenvalue weighted by atomic mass is 19.1. The highest BCUT2D eigenvalue weighted by molar-refractivity contribution is 5.76. The van der Waals surface area contributed by atoms with Gasteiger partial charge in [-0.05, 0) is 36.4 Å². The van der Waals surface area contributed by atoms with Crippen LogP contribution in [0.15, 0.2) is 72.8 Å². The third-order valence-corrected chi connectivity index (χ3v) is 5.25. The van der Waals surface area contributed by atoms with Gasteiger partial charge in [-0.15, -0.1) is 0 Å². The van der Waals surface area contributed by atoms with E-state index in [2.05, 4.69) is 0 Å². The fourth-order valence-corrected chi connectivity index (χ4v) is 3.70. The predicted molar refractivity (Wildman–Crippen MR) is 125 cm³/mol. The Kier molecular flexibility index (Phi) is 6.77. The average molecular weight is 462 g/mol. The number of benzene rings is 3. The number of ether oxygens (including phenoxy) is 3. The Morgan fingerprint density at radius 3 is 2.35 bits per heavy atom. The molecule has 1 heterocycles. The van der Waals surface area contributed by atoms with Crippen molar-refractivity contribution in [1.29, 1.82) is 0 Å². The van der Waals surface area contributed by atoms with E-state index in [-0.39, 0.29) is 5.75 Å². The van der Waals surface area contributed by atoms with Crippen LogP contribution in [0.3, 0.4) is 0 Å². The maximum atomic E-state index is 13.9. The molecule has 1 aromatic heterocycles. The molecular weight excluding hydrogens is 439 g/mol. The highest BCUT2D eigenvalue weighted by Crippen LogP contribution is 2.36. The van der Waals surface area contributed by atoms with Gasteiger partial charge in [0.1, 0.15) is 23.1 Å². The molecule has 0 radical (unpaired) electrons. The van der Waals surface area contributed by atoms with Gasteiger partial charge in [0.2, 0.25) is 0 Å². The summed E-state index contributed by atoms with van der Waals surface area (Å²) in [6, 6.07) is 21.0. The van der Waals surface area contributed by atoms with E-state index in [1.807, 2.05) is 54.6 Å². The van der Waals surface area contributed by atoms with E-state index >= 15 is 0 Å². The number of carboxylic acids is 1. The molecule has 3 aromatic carbocycles. The summed E-state index contributed by atoms with van der Waals surface area (Å²) in [6.45, 7) is -0.207. The quantitative estimate of drug-likeness (QED) is 0.382. The van der Waals surface area contributed by atoms with Crippen LogP contribution in [0.4, 0.5) is 4.39 Å². The van der Waals surface area contributed by atoms with Gasteiger partial charge in [-0.2, -0.15) is 5.10 Å². The lowest BCUT2D eigenvalue weighted by atomic mass is 10.1. The van der Waals surface area contributed by atoms with Gasteiger partial charge in [0, 0.05) is 22.8 Å². The van der Waals surface area contributed by atoms with E-state index in [1.165, 1.54) is 12.1 Å². The molecule has 0 spiro atoms. The molecule has 0 aliphatic rings. The number of hydrogen-bond acceptors (Lipinski definition) is 5. The summed E-state index contributed by atoms with van der Waals surface area (Å²) >= 11 is 0. The number of nitrogens with zero attached hydrogens (tertiary/aromatic N) is 2. The summed E-state index contributed by atoms with van der Waals surface area (Å²) < 4.78 is 32.1. The first kappa shape index (κ1) is 22.8. The second kappa shape index (κ2) is 10.1. The van der Waals surface area contributed by atoms with Crippen molar-refractivity contribution in [2.75, 3.05) is 20.8 Å². The third kappa shape index (κ3) is 4.85. The van der Waals surface area contributed by atoms with Gasteiger partial charge in [0.15, 0.2) is 6.61 Å². The first-order valence-electron chi connectivity index (χ1n) is 10.5. The second-order valence-electron chi connectivity index (χ2n) is 7.41. The van der Waals surface area contributed by atoms with Gasteiger partial charge in [-0.25, -0.2) is 9.18 Å². The molecule has 0 amide bonds. The van der Waals surface area contributed by atoms with Crippen LogP contribution >= 0.6 is 0 Å². The number of para-hydroxylation sites is 2. The zero-order valence-corrected chi connectivity index (χ0v) is 18.7. The Hall–Kier alpha value is -4.33. The van der Waals surface area contributed by atoms with Crippen molar-refractivity contribution >= 4 is 5.97 Å². The maximum Gasteiger partial charge on any atom is 0.341 e. The van der Waals surface area contributed by atoms with Crippen molar-refractivity contribution in [3.8, 4) is 39.8 Å². The highest BCUT2D eigenvalue weighted by Gasteiger charge is 2.19. The van der Waals surface area contributed by atoms with Crippen molar-refractivity contribution < 1.29 is 28.5 Å². The maximum absolute atomic E-state index is 13.9. The van der Waals surface area contributed by atoms with Crippen LogP contribution < -0.4 is 14.2 Å². The molecule has 0 fully saturated rings. The largest absolute Gasteiger partial charge is 0.496 e. The van der Waals surface area contributed by atoms with Crippen molar-refractivity contribution in [2.45, 2.75) is 6.54 Å². The van der Waals surface area contributed by atoms with Gasteiger partial charge in [-0.3, -0.25) is 4.68 Å². The normalized spacial score (nSPS) is 10.7. The molecule has 4 aromatic rings. The van der Waals surface area contributed by atoms with Crippen LogP contribution in [0, 0.1) is 5.82 Å². The Labute approximate surface area is 195 Å². The molecule has 0 bridgehead atoms. The fraction of sp³-hybridized carbons (Fsp3) is 0.154. The lowest BCUT2D eigenvalue weighted by Crippen LogP contribution is -2.10. The minimum atomic E-state index is -1.16. The molecule has 0 aliphatic heterocycles. The molecule has 8 heteroatoms. The topological polar surface area (TPSA) is 82.8 Å². The lowest BCUT2D eigenvalue weighted by molar-refractivity contribution is -0.139.